The fourth-order valence-electron chi connectivity index (χ4n) is 4.01. The predicted octanol–water partition coefficient (Wildman–Crippen LogP) is 2.46. The van der Waals surface area contributed by atoms with Crippen molar-refractivity contribution in [1.29, 1.82) is 0 Å². The highest BCUT2D eigenvalue weighted by Crippen LogP contribution is 2.46. The number of hydrogen-bond donors (Lipinski definition) is 1. The van der Waals surface area contributed by atoms with E-state index in [0.29, 0.717) is 19.4 Å². The van der Waals surface area contributed by atoms with Crippen LogP contribution < -0.4 is 0 Å². The normalized spacial score (nSPS) is 32.2. The first-order valence-corrected chi connectivity index (χ1v) is 8.32. The molecule has 1 amide bonds. The summed E-state index contributed by atoms with van der Waals surface area (Å²) >= 11 is 0. The first-order valence-electron chi connectivity index (χ1n) is 8.32. The van der Waals surface area contributed by atoms with Crippen LogP contribution >= 0.6 is 0 Å². The van der Waals surface area contributed by atoms with Crippen LogP contribution in [0, 0.1) is 0 Å². The molecule has 0 spiro atoms. The molecule has 2 aromatic carbocycles. The molecular weight excluding hydrogens is 302 g/mol. The molecule has 24 heavy (non-hydrogen) atoms. The Kier molecular flexibility index (Phi) is 3.48. The molecule has 0 saturated carbocycles. The lowest BCUT2D eigenvalue weighted by Crippen LogP contribution is -2.49. The molecule has 2 aliphatic heterocycles. The maximum absolute atomic E-state index is 13.1. The van der Waals surface area contributed by atoms with Gasteiger partial charge in [-0.2, -0.15) is 0 Å². The first kappa shape index (κ1) is 15.4. The average molecular weight is 323 g/mol. The lowest BCUT2D eigenvalue weighted by molar-refractivity contribution is -0.160. The number of nitrogens with zero attached hydrogens (tertiary/aromatic N) is 1. The van der Waals surface area contributed by atoms with E-state index < -0.39 is 11.3 Å². The van der Waals surface area contributed by atoms with Gasteiger partial charge < -0.3 is 14.7 Å². The SMILES string of the molecule is C[C@]1(c2ccccc2)OC[C@@H]2C[C@@](O)(Cc3ccccc3)C(=O)N21. The first-order chi connectivity index (χ1) is 11.5. The maximum atomic E-state index is 13.1. The van der Waals surface area contributed by atoms with Crippen LogP contribution in [0.15, 0.2) is 60.7 Å². The zero-order valence-electron chi connectivity index (χ0n) is 13.7. The molecule has 4 heteroatoms. The Morgan fingerprint density at radius 2 is 1.75 bits per heavy atom. The fourth-order valence-corrected chi connectivity index (χ4v) is 4.01. The molecule has 4 rings (SSSR count). The van der Waals surface area contributed by atoms with Crippen LogP contribution in [0.1, 0.15) is 24.5 Å². The van der Waals surface area contributed by atoms with Crippen molar-refractivity contribution < 1.29 is 14.6 Å². The molecular formula is C20H21NO3. The lowest BCUT2D eigenvalue weighted by atomic mass is 9.91. The van der Waals surface area contributed by atoms with Gasteiger partial charge in [-0.25, -0.2) is 0 Å². The van der Waals surface area contributed by atoms with E-state index >= 15 is 0 Å². The third kappa shape index (κ3) is 2.26. The van der Waals surface area contributed by atoms with Crippen molar-refractivity contribution in [3.05, 3.63) is 71.8 Å². The van der Waals surface area contributed by atoms with Gasteiger partial charge in [0, 0.05) is 18.4 Å². The minimum Gasteiger partial charge on any atom is -0.380 e. The van der Waals surface area contributed by atoms with Gasteiger partial charge in [0.05, 0.1) is 12.6 Å². The Hall–Kier alpha value is -2.17. The van der Waals surface area contributed by atoms with Gasteiger partial charge in [-0.1, -0.05) is 60.7 Å². The van der Waals surface area contributed by atoms with Crippen LogP contribution in [-0.4, -0.2) is 34.2 Å². The maximum Gasteiger partial charge on any atom is 0.257 e. The van der Waals surface area contributed by atoms with Gasteiger partial charge in [0.25, 0.3) is 5.91 Å². The molecule has 0 bridgehead atoms. The number of carbonyl (C=O) groups is 1. The van der Waals surface area contributed by atoms with Gasteiger partial charge in [0.2, 0.25) is 0 Å². The van der Waals surface area contributed by atoms with Crippen molar-refractivity contribution in [2.24, 2.45) is 0 Å². The Balaban J connectivity index is 1.65. The summed E-state index contributed by atoms with van der Waals surface area (Å²) in [6.07, 6.45) is 0.744. The van der Waals surface area contributed by atoms with Crippen molar-refractivity contribution in [2.45, 2.75) is 37.1 Å². The van der Waals surface area contributed by atoms with Crippen LogP contribution in [0.25, 0.3) is 0 Å². The van der Waals surface area contributed by atoms with Gasteiger partial charge in [0.15, 0.2) is 5.72 Å². The third-order valence-corrected chi connectivity index (χ3v) is 5.22. The summed E-state index contributed by atoms with van der Waals surface area (Å²) in [5, 5.41) is 11.1. The van der Waals surface area contributed by atoms with Crippen LogP contribution in [0.5, 0.6) is 0 Å². The molecule has 124 valence electrons. The van der Waals surface area contributed by atoms with Gasteiger partial charge >= 0.3 is 0 Å². The standard InChI is InChI=1S/C20H21NO3/c1-19(16-10-6-3-7-11-16)21-17(14-24-19)13-20(23,18(21)22)12-15-8-4-2-5-9-15/h2-11,17,23H,12-14H2,1H3/t17-,19+,20-/m0/s1. The number of fused-ring (bicyclic) bond motifs is 1. The summed E-state index contributed by atoms with van der Waals surface area (Å²) in [4.78, 5) is 14.8. The number of carbonyl (C=O) groups excluding carboxylic acids is 1. The monoisotopic (exact) mass is 323 g/mol. The molecule has 4 nitrogen and oxygen atoms in total. The van der Waals surface area contributed by atoms with Crippen molar-refractivity contribution in [3.63, 3.8) is 0 Å². The summed E-state index contributed by atoms with van der Waals surface area (Å²) in [6, 6.07) is 19.3. The molecule has 0 aliphatic carbocycles. The third-order valence-electron chi connectivity index (χ3n) is 5.22. The van der Waals surface area contributed by atoms with Crippen molar-refractivity contribution in [3.8, 4) is 0 Å². The average Bonchev–Trinajstić information content (AvgIpc) is 3.05. The van der Waals surface area contributed by atoms with Gasteiger partial charge in [-0.3, -0.25) is 4.79 Å². The fraction of sp³-hybridized carbons (Fsp3) is 0.350. The van der Waals surface area contributed by atoms with Crippen LogP contribution in [0.2, 0.25) is 0 Å². The number of benzene rings is 2. The second-order valence-electron chi connectivity index (χ2n) is 6.89. The second-order valence-corrected chi connectivity index (χ2v) is 6.89. The summed E-state index contributed by atoms with van der Waals surface area (Å²) in [6.45, 7) is 2.36. The number of rotatable bonds is 3. The largest absolute Gasteiger partial charge is 0.380 e. The van der Waals surface area contributed by atoms with Gasteiger partial charge in [-0.15, -0.1) is 0 Å². The van der Waals surface area contributed by atoms with Crippen molar-refractivity contribution in [1.82, 2.24) is 4.90 Å². The van der Waals surface area contributed by atoms with Crippen LogP contribution in [0.4, 0.5) is 0 Å². The predicted molar refractivity (Wildman–Crippen MR) is 90.1 cm³/mol. The summed E-state index contributed by atoms with van der Waals surface area (Å²) < 4.78 is 6.00. The molecule has 0 unspecified atom stereocenters. The van der Waals surface area contributed by atoms with E-state index in [0.717, 1.165) is 11.1 Å². The molecule has 0 aromatic heterocycles. The number of amides is 1. The highest BCUT2D eigenvalue weighted by atomic mass is 16.5. The van der Waals surface area contributed by atoms with E-state index in [1.807, 2.05) is 67.6 Å². The minimum absolute atomic E-state index is 0.0866. The van der Waals surface area contributed by atoms with Crippen molar-refractivity contribution in [2.75, 3.05) is 6.61 Å². The minimum atomic E-state index is -1.36. The highest BCUT2D eigenvalue weighted by molar-refractivity contribution is 5.89. The van der Waals surface area contributed by atoms with Crippen LogP contribution in [0.3, 0.4) is 0 Å². The Labute approximate surface area is 141 Å². The Bertz CT molecular complexity index is 748. The molecule has 1 N–H and O–H groups in total. The number of ether oxygens (including phenoxy) is 1. The zero-order valence-corrected chi connectivity index (χ0v) is 13.7. The molecule has 2 aromatic rings. The summed E-state index contributed by atoms with van der Waals surface area (Å²) in [5.74, 6) is -0.236. The quantitative estimate of drug-likeness (QED) is 0.944. The molecule has 2 saturated heterocycles. The topological polar surface area (TPSA) is 49.8 Å². The van der Waals surface area contributed by atoms with E-state index in [2.05, 4.69) is 0 Å². The molecule has 0 radical (unpaired) electrons. The van der Waals surface area contributed by atoms with E-state index in [4.69, 9.17) is 4.74 Å². The van der Waals surface area contributed by atoms with Gasteiger partial charge in [0.1, 0.15) is 5.60 Å². The van der Waals surface area contributed by atoms with Crippen molar-refractivity contribution >= 4 is 5.91 Å². The highest BCUT2D eigenvalue weighted by Gasteiger charge is 2.60. The molecule has 2 fully saturated rings. The zero-order chi connectivity index (χ0) is 16.8. The van der Waals surface area contributed by atoms with E-state index in [9.17, 15) is 9.90 Å². The molecule has 2 aliphatic rings. The van der Waals surface area contributed by atoms with E-state index in [1.54, 1.807) is 4.90 Å². The summed E-state index contributed by atoms with van der Waals surface area (Å²) in [5.41, 5.74) is -0.266. The molecule has 3 atom stereocenters. The Morgan fingerprint density at radius 3 is 2.42 bits per heavy atom. The van der Waals surface area contributed by atoms with Gasteiger partial charge in [-0.05, 0) is 12.5 Å². The van der Waals surface area contributed by atoms with E-state index in [1.165, 1.54) is 0 Å². The number of aliphatic hydroxyl groups is 1. The Morgan fingerprint density at radius 1 is 1.12 bits per heavy atom. The lowest BCUT2D eigenvalue weighted by Gasteiger charge is -2.35. The second kappa shape index (κ2) is 5.43. The smallest absolute Gasteiger partial charge is 0.257 e. The van der Waals surface area contributed by atoms with Crippen LogP contribution in [-0.2, 0) is 21.7 Å². The van der Waals surface area contributed by atoms with E-state index in [-0.39, 0.29) is 11.9 Å². The summed E-state index contributed by atoms with van der Waals surface area (Å²) in [7, 11) is 0. The molecule has 2 heterocycles. The number of hydrogen-bond acceptors (Lipinski definition) is 3.